The van der Waals surface area contributed by atoms with Gasteiger partial charge in [-0.2, -0.15) is 5.26 Å². The number of carbonyl (C=O) groups excluding carboxylic acids is 1. The smallest absolute Gasteiger partial charge is 0.266 e. The molecule has 178 valence electrons. The maximum atomic E-state index is 12.7. The average Bonchev–Trinajstić information content (AvgIpc) is 3.32. The fourth-order valence-corrected chi connectivity index (χ4v) is 3.85. The van der Waals surface area contributed by atoms with Crippen molar-refractivity contribution in [1.82, 2.24) is 0 Å². The molecular weight excluding hydrogens is 491 g/mol. The lowest BCUT2D eigenvalue weighted by atomic mass is 10.1. The molecule has 1 amide bonds. The highest BCUT2D eigenvalue weighted by Gasteiger charge is 2.17. The number of halogens is 2. The monoisotopic (exact) mass is 510 g/mol. The summed E-state index contributed by atoms with van der Waals surface area (Å²) in [6.45, 7) is 2.18. The Morgan fingerprint density at radius 2 is 1.94 bits per heavy atom. The van der Waals surface area contributed by atoms with E-state index in [4.69, 9.17) is 42.1 Å². The lowest BCUT2D eigenvalue weighted by Crippen LogP contribution is -2.14. The predicted octanol–water partition coefficient (Wildman–Crippen LogP) is 6.16. The van der Waals surface area contributed by atoms with Crippen LogP contribution in [0.25, 0.3) is 6.08 Å². The van der Waals surface area contributed by atoms with Crippen molar-refractivity contribution in [2.24, 2.45) is 0 Å². The third kappa shape index (κ3) is 5.46. The van der Waals surface area contributed by atoms with E-state index < -0.39 is 5.91 Å². The molecule has 9 heteroatoms. The Morgan fingerprint density at radius 1 is 1.14 bits per heavy atom. The van der Waals surface area contributed by atoms with Gasteiger partial charge in [-0.25, -0.2) is 0 Å². The van der Waals surface area contributed by atoms with Crippen molar-refractivity contribution in [2.75, 3.05) is 19.2 Å². The van der Waals surface area contributed by atoms with Crippen molar-refractivity contribution >= 4 is 40.9 Å². The Bertz CT molecular complexity index is 1360. The average molecular weight is 511 g/mol. The van der Waals surface area contributed by atoms with Gasteiger partial charge in [0.2, 0.25) is 6.79 Å². The number of hydrogen-bond acceptors (Lipinski definition) is 6. The number of nitrogens with one attached hydrogen (secondary N) is 1. The van der Waals surface area contributed by atoms with Gasteiger partial charge in [0.1, 0.15) is 18.2 Å². The SMILES string of the molecule is COc1cc(/C=C(\C#N)C(=O)Nc2cccc(Cl)c2C)cc(Cl)c1OCc1ccc2c(c1)OCO2. The van der Waals surface area contributed by atoms with Crippen LogP contribution in [-0.2, 0) is 11.4 Å². The first kappa shape index (κ1) is 24.3. The van der Waals surface area contributed by atoms with E-state index in [-0.39, 0.29) is 24.0 Å². The van der Waals surface area contributed by atoms with Gasteiger partial charge in [0.25, 0.3) is 5.91 Å². The molecule has 0 radical (unpaired) electrons. The van der Waals surface area contributed by atoms with Gasteiger partial charge in [-0.15, -0.1) is 0 Å². The number of nitriles is 1. The van der Waals surface area contributed by atoms with Crippen LogP contribution in [0.3, 0.4) is 0 Å². The molecular formula is C26H20Cl2N2O5. The second-order valence-corrected chi connectivity index (χ2v) is 8.36. The molecule has 1 aliphatic heterocycles. The Balaban J connectivity index is 1.53. The van der Waals surface area contributed by atoms with Gasteiger partial charge in [0, 0.05) is 10.7 Å². The third-order valence-corrected chi connectivity index (χ3v) is 5.95. The first-order valence-corrected chi connectivity index (χ1v) is 11.2. The summed E-state index contributed by atoms with van der Waals surface area (Å²) in [5, 5.41) is 13.1. The van der Waals surface area contributed by atoms with E-state index in [2.05, 4.69) is 5.32 Å². The van der Waals surface area contributed by atoms with E-state index in [1.54, 1.807) is 37.3 Å². The summed E-state index contributed by atoms with van der Waals surface area (Å²) in [4.78, 5) is 12.7. The predicted molar refractivity (Wildman–Crippen MR) is 133 cm³/mol. The highest BCUT2D eigenvalue weighted by atomic mass is 35.5. The highest BCUT2D eigenvalue weighted by Crippen LogP contribution is 2.38. The van der Waals surface area contributed by atoms with Crippen molar-refractivity contribution < 1.29 is 23.7 Å². The standard InChI is InChI=1S/C26H20Cl2N2O5/c1-15-19(27)4-3-5-21(15)30-26(31)18(12-29)8-17-9-20(28)25(24(11-17)32-2)33-13-16-6-7-22-23(10-16)35-14-34-22/h3-11H,13-14H2,1-2H3,(H,30,31)/b18-8+. The molecule has 0 atom stereocenters. The minimum Gasteiger partial charge on any atom is -0.493 e. The number of hydrogen-bond donors (Lipinski definition) is 1. The summed E-state index contributed by atoms with van der Waals surface area (Å²) >= 11 is 12.6. The number of nitrogens with zero attached hydrogens (tertiary/aromatic N) is 1. The maximum Gasteiger partial charge on any atom is 0.266 e. The fourth-order valence-electron chi connectivity index (χ4n) is 3.40. The van der Waals surface area contributed by atoms with Crippen LogP contribution < -0.4 is 24.3 Å². The number of methoxy groups -OCH3 is 1. The summed E-state index contributed by atoms with van der Waals surface area (Å²) in [6, 6.07) is 15.8. The molecule has 1 N–H and O–H groups in total. The Morgan fingerprint density at radius 3 is 2.71 bits per heavy atom. The zero-order chi connectivity index (χ0) is 24.9. The van der Waals surface area contributed by atoms with Gasteiger partial charge >= 0.3 is 0 Å². The number of carbonyl (C=O) groups is 1. The van der Waals surface area contributed by atoms with Crippen LogP contribution in [0.4, 0.5) is 5.69 Å². The lowest BCUT2D eigenvalue weighted by molar-refractivity contribution is -0.112. The first-order chi connectivity index (χ1) is 16.9. The van der Waals surface area contributed by atoms with Gasteiger partial charge in [0.05, 0.1) is 12.1 Å². The summed E-state index contributed by atoms with van der Waals surface area (Å²) in [6.07, 6.45) is 1.42. The number of rotatable bonds is 7. The van der Waals surface area contributed by atoms with Crippen LogP contribution in [-0.4, -0.2) is 19.8 Å². The van der Waals surface area contributed by atoms with Gasteiger partial charge in [0.15, 0.2) is 23.0 Å². The lowest BCUT2D eigenvalue weighted by Gasteiger charge is -2.14. The number of benzene rings is 3. The van der Waals surface area contributed by atoms with Crippen LogP contribution in [0, 0.1) is 18.3 Å². The molecule has 0 bridgehead atoms. The Labute approximate surface area is 212 Å². The van der Waals surface area contributed by atoms with E-state index in [1.165, 1.54) is 13.2 Å². The van der Waals surface area contributed by atoms with Gasteiger partial charge < -0.3 is 24.3 Å². The molecule has 4 rings (SSSR count). The van der Waals surface area contributed by atoms with E-state index in [0.29, 0.717) is 44.8 Å². The number of fused-ring (bicyclic) bond motifs is 1. The zero-order valence-corrected chi connectivity index (χ0v) is 20.4. The van der Waals surface area contributed by atoms with Gasteiger partial charge in [-0.05, 0) is 66.1 Å². The van der Waals surface area contributed by atoms with E-state index >= 15 is 0 Å². The molecule has 35 heavy (non-hydrogen) atoms. The molecule has 1 heterocycles. The Hall–Kier alpha value is -3.86. The van der Waals surface area contributed by atoms with Crippen LogP contribution in [0.5, 0.6) is 23.0 Å². The number of ether oxygens (including phenoxy) is 4. The van der Waals surface area contributed by atoms with Crippen LogP contribution in [0.1, 0.15) is 16.7 Å². The molecule has 3 aromatic carbocycles. The molecule has 0 saturated heterocycles. The normalized spacial score (nSPS) is 12.1. The van der Waals surface area contributed by atoms with E-state index in [0.717, 1.165) is 5.56 Å². The zero-order valence-electron chi connectivity index (χ0n) is 18.9. The van der Waals surface area contributed by atoms with Crippen molar-refractivity contribution in [3.05, 3.63) is 80.8 Å². The molecule has 7 nitrogen and oxygen atoms in total. The summed E-state index contributed by atoms with van der Waals surface area (Å²) in [5.41, 5.74) is 2.46. The van der Waals surface area contributed by atoms with Gasteiger partial charge in [-0.1, -0.05) is 35.3 Å². The van der Waals surface area contributed by atoms with Crippen molar-refractivity contribution in [3.8, 4) is 29.1 Å². The summed E-state index contributed by atoms with van der Waals surface area (Å²) in [7, 11) is 1.48. The first-order valence-electron chi connectivity index (χ1n) is 10.5. The second-order valence-electron chi connectivity index (χ2n) is 7.55. The quantitative estimate of drug-likeness (QED) is 0.302. The molecule has 0 unspecified atom stereocenters. The minimum atomic E-state index is -0.573. The van der Waals surface area contributed by atoms with Crippen LogP contribution >= 0.6 is 23.2 Å². The van der Waals surface area contributed by atoms with Gasteiger partial charge in [-0.3, -0.25) is 4.79 Å². The fraction of sp³-hybridized carbons (Fsp3) is 0.154. The second kappa shape index (κ2) is 10.6. The molecule has 0 saturated carbocycles. The van der Waals surface area contributed by atoms with Crippen LogP contribution in [0.15, 0.2) is 54.1 Å². The molecule has 0 spiro atoms. The molecule has 1 aliphatic rings. The number of amides is 1. The highest BCUT2D eigenvalue weighted by molar-refractivity contribution is 6.32. The van der Waals surface area contributed by atoms with Crippen molar-refractivity contribution in [2.45, 2.75) is 13.5 Å². The van der Waals surface area contributed by atoms with Crippen molar-refractivity contribution in [1.29, 1.82) is 5.26 Å². The summed E-state index contributed by atoms with van der Waals surface area (Å²) in [5.74, 6) is 1.45. The largest absolute Gasteiger partial charge is 0.493 e. The number of anilines is 1. The summed E-state index contributed by atoms with van der Waals surface area (Å²) < 4.78 is 22.1. The molecule has 0 aromatic heterocycles. The van der Waals surface area contributed by atoms with Crippen LogP contribution in [0.2, 0.25) is 10.0 Å². The van der Waals surface area contributed by atoms with E-state index in [1.807, 2.05) is 24.3 Å². The molecule has 0 aliphatic carbocycles. The maximum absolute atomic E-state index is 12.7. The minimum absolute atomic E-state index is 0.114. The topological polar surface area (TPSA) is 89.8 Å². The Kier molecular flexibility index (Phi) is 7.35. The third-order valence-electron chi connectivity index (χ3n) is 5.26. The molecule has 3 aromatic rings. The van der Waals surface area contributed by atoms with Crippen molar-refractivity contribution in [3.63, 3.8) is 0 Å². The van der Waals surface area contributed by atoms with E-state index in [9.17, 15) is 10.1 Å². The molecule has 0 fully saturated rings.